The van der Waals surface area contributed by atoms with Crippen LogP contribution in [0.4, 0.5) is 0 Å². The van der Waals surface area contributed by atoms with Gasteiger partial charge < -0.3 is 18.9 Å². The van der Waals surface area contributed by atoms with Gasteiger partial charge in [-0.2, -0.15) is 0 Å². The Morgan fingerprint density at radius 1 is 1.43 bits per heavy atom. The minimum Gasteiger partial charge on any atom is -0.433 e. The average molecular weight is 202 g/mol. The van der Waals surface area contributed by atoms with E-state index < -0.39 is 12.1 Å². The monoisotopic (exact) mass is 202 g/mol. The van der Waals surface area contributed by atoms with E-state index in [2.05, 4.69) is 0 Å². The molecule has 0 bridgehead atoms. The third kappa shape index (κ3) is 1.75. The standard InChI is InChI=1S/C9H14O5/c1-5(10)12-8-7-6(4-11-8)13-9(2,3)14-7/h6-8H,4H2,1-3H3/t6?,7-,8?/m0/s1. The number of esters is 1. The fourth-order valence-electron chi connectivity index (χ4n) is 1.77. The first-order chi connectivity index (χ1) is 6.48. The van der Waals surface area contributed by atoms with Gasteiger partial charge in [-0.15, -0.1) is 0 Å². The maximum absolute atomic E-state index is 10.8. The molecule has 0 radical (unpaired) electrons. The molecule has 2 rings (SSSR count). The topological polar surface area (TPSA) is 54.0 Å². The molecule has 2 fully saturated rings. The van der Waals surface area contributed by atoms with Crippen LogP contribution in [0.3, 0.4) is 0 Å². The van der Waals surface area contributed by atoms with Crippen LogP contribution < -0.4 is 0 Å². The van der Waals surface area contributed by atoms with Crippen molar-refractivity contribution < 1.29 is 23.7 Å². The van der Waals surface area contributed by atoms with Gasteiger partial charge in [-0.1, -0.05) is 0 Å². The molecule has 0 aromatic heterocycles. The molecule has 0 N–H and O–H groups in total. The van der Waals surface area contributed by atoms with E-state index in [0.29, 0.717) is 6.61 Å². The van der Waals surface area contributed by atoms with E-state index in [0.717, 1.165) is 0 Å². The lowest BCUT2D eigenvalue weighted by Gasteiger charge is -2.21. The molecule has 5 nitrogen and oxygen atoms in total. The number of hydrogen-bond acceptors (Lipinski definition) is 5. The number of carbonyl (C=O) groups is 1. The summed E-state index contributed by atoms with van der Waals surface area (Å²) in [5.41, 5.74) is 0. The molecular weight excluding hydrogens is 188 g/mol. The summed E-state index contributed by atoms with van der Waals surface area (Å²) < 4.78 is 21.3. The maximum atomic E-state index is 10.8. The van der Waals surface area contributed by atoms with E-state index in [1.807, 2.05) is 13.8 Å². The predicted molar refractivity (Wildman–Crippen MR) is 45.3 cm³/mol. The molecule has 2 saturated heterocycles. The predicted octanol–water partition coefficient (Wildman–Crippen LogP) is 0.426. The number of hydrogen-bond donors (Lipinski definition) is 0. The Labute approximate surface area is 82.3 Å². The second-order valence-electron chi connectivity index (χ2n) is 3.95. The van der Waals surface area contributed by atoms with Crippen molar-refractivity contribution in [3.8, 4) is 0 Å². The van der Waals surface area contributed by atoms with E-state index in [9.17, 15) is 4.79 Å². The Kier molecular flexibility index (Phi) is 2.25. The lowest BCUT2D eigenvalue weighted by atomic mass is 10.2. The zero-order valence-corrected chi connectivity index (χ0v) is 8.48. The van der Waals surface area contributed by atoms with Gasteiger partial charge in [0.25, 0.3) is 0 Å². The van der Waals surface area contributed by atoms with E-state index in [1.54, 1.807) is 0 Å². The number of ether oxygens (including phenoxy) is 4. The van der Waals surface area contributed by atoms with Crippen LogP contribution in [0.25, 0.3) is 0 Å². The van der Waals surface area contributed by atoms with Crippen LogP contribution in [-0.4, -0.2) is 36.9 Å². The van der Waals surface area contributed by atoms with Gasteiger partial charge in [-0.3, -0.25) is 4.79 Å². The van der Waals surface area contributed by atoms with Gasteiger partial charge in [-0.05, 0) is 13.8 Å². The van der Waals surface area contributed by atoms with Crippen LogP contribution in [0.2, 0.25) is 0 Å². The summed E-state index contributed by atoms with van der Waals surface area (Å²) in [5.74, 6) is -0.985. The van der Waals surface area contributed by atoms with Crippen LogP contribution in [0, 0.1) is 0 Å². The first kappa shape index (κ1) is 9.89. The minimum atomic E-state index is -0.626. The van der Waals surface area contributed by atoms with Crippen molar-refractivity contribution in [3.05, 3.63) is 0 Å². The fraction of sp³-hybridized carbons (Fsp3) is 0.889. The van der Waals surface area contributed by atoms with Crippen LogP contribution in [-0.2, 0) is 23.7 Å². The number of carbonyl (C=O) groups excluding carboxylic acids is 1. The highest BCUT2D eigenvalue weighted by atomic mass is 16.8. The number of fused-ring (bicyclic) bond motifs is 1. The summed E-state index contributed by atoms with van der Waals surface area (Å²) in [6, 6.07) is 0. The lowest BCUT2D eigenvalue weighted by molar-refractivity contribution is -0.218. The summed E-state index contributed by atoms with van der Waals surface area (Å²) in [7, 11) is 0. The molecule has 14 heavy (non-hydrogen) atoms. The van der Waals surface area contributed by atoms with Crippen molar-refractivity contribution in [1.29, 1.82) is 0 Å². The highest BCUT2D eigenvalue weighted by molar-refractivity contribution is 5.66. The first-order valence-corrected chi connectivity index (χ1v) is 4.62. The third-order valence-corrected chi connectivity index (χ3v) is 2.20. The quantitative estimate of drug-likeness (QED) is 0.577. The van der Waals surface area contributed by atoms with Crippen molar-refractivity contribution in [2.75, 3.05) is 6.61 Å². The van der Waals surface area contributed by atoms with Crippen molar-refractivity contribution in [1.82, 2.24) is 0 Å². The highest BCUT2D eigenvalue weighted by Gasteiger charge is 2.51. The largest absolute Gasteiger partial charge is 0.433 e. The molecule has 0 aromatic rings. The molecule has 0 amide bonds. The first-order valence-electron chi connectivity index (χ1n) is 4.62. The summed E-state index contributed by atoms with van der Waals surface area (Å²) >= 11 is 0. The van der Waals surface area contributed by atoms with Crippen LogP contribution >= 0.6 is 0 Å². The molecular formula is C9H14O5. The van der Waals surface area contributed by atoms with Crippen LogP contribution in [0.15, 0.2) is 0 Å². The van der Waals surface area contributed by atoms with Gasteiger partial charge >= 0.3 is 5.97 Å². The van der Waals surface area contributed by atoms with E-state index >= 15 is 0 Å². The van der Waals surface area contributed by atoms with E-state index in [-0.39, 0.29) is 18.2 Å². The zero-order chi connectivity index (χ0) is 10.3. The second-order valence-corrected chi connectivity index (χ2v) is 3.95. The van der Waals surface area contributed by atoms with Crippen LogP contribution in [0.5, 0.6) is 0 Å². The van der Waals surface area contributed by atoms with Gasteiger partial charge in [0.2, 0.25) is 6.29 Å². The molecule has 0 aliphatic carbocycles. The molecule has 0 saturated carbocycles. The van der Waals surface area contributed by atoms with Crippen molar-refractivity contribution in [3.63, 3.8) is 0 Å². The average Bonchev–Trinajstić information content (AvgIpc) is 2.47. The molecule has 5 heteroatoms. The van der Waals surface area contributed by atoms with E-state index in [1.165, 1.54) is 6.92 Å². The molecule has 2 aliphatic heterocycles. The number of rotatable bonds is 1. The lowest BCUT2D eigenvalue weighted by Crippen LogP contribution is -2.32. The Morgan fingerprint density at radius 3 is 2.79 bits per heavy atom. The summed E-state index contributed by atoms with van der Waals surface area (Å²) in [4.78, 5) is 10.8. The molecule has 2 unspecified atom stereocenters. The molecule has 80 valence electrons. The van der Waals surface area contributed by atoms with Crippen molar-refractivity contribution >= 4 is 5.97 Å². The molecule has 0 spiro atoms. The fourth-order valence-corrected chi connectivity index (χ4v) is 1.77. The minimum absolute atomic E-state index is 0.130. The molecule has 3 atom stereocenters. The SMILES string of the molecule is CC(=O)OC1OCC2OC(C)(C)O[C@@H]21. The summed E-state index contributed by atoms with van der Waals surface area (Å²) in [6.45, 7) is 5.41. The smallest absolute Gasteiger partial charge is 0.305 e. The van der Waals surface area contributed by atoms with Gasteiger partial charge in [-0.25, -0.2) is 0 Å². The highest BCUT2D eigenvalue weighted by Crippen LogP contribution is 2.35. The van der Waals surface area contributed by atoms with E-state index in [4.69, 9.17) is 18.9 Å². The Hall–Kier alpha value is -0.650. The second kappa shape index (κ2) is 3.18. The summed E-state index contributed by atoms with van der Waals surface area (Å²) in [5, 5.41) is 0. The Bertz CT molecular complexity index is 250. The maximum Gasteiger partial charge on any atom is 0.305 e. The molecule has 0 aromatic carbocycles. The van der Waals surface area contributed by atoms with Gasteiger partial charge in [0.05, 0.1) is 6.61 Å². The van der Waals surface area contributed by atoms with Crippen molar-refractivity contribution in [2.45, 2.75) is 45.1 Å². The van der Waals surface area contributed by atoms with Gasteiger partial charge in [0, 0.05) is 6.92 Å². The van der Waals surface area contributed by atoms with Crippen LogP contribution in [0.1, 0.15) is 20.8 Å². The third-order valence-electron chi connectivity index (χ3n) is 2.20. The van der Waals surface area contributed by atoms with Gasteiger partial charge in [0.1, 0.15) is 6.10 Å². The normalized spacial score (nSPS) is 39.5. The Balaban J connectivity index is 2.01. The Morgan fingerprint density at radius 2 is 2.14 bits per heavy atom. The summed E-state index contributed by atoms with van der Waals surface area (Å²) in [6.07, 6.45) is -1.05. The van der Waals surface area contributed by atoms with Gasteiger partial charge in [0.15, 0.2) is 11.9 Å². The molecule has 2 heterocycles. The zero-order valence-electron chi connectivity index (χ0n) is 8.48. The van der Waals surface area contributed by atoms with Crippen molar-refractivity contribution in [2.24, 2.45) is 0 Å². The molecule has 2 aliphatic rings.